The zero-order valence-corrected chi connectivity index (χ0v) is 14.6. The van der Waals surface area contributed by atoms with Crippen LogP contribution < -0.4 is 5.32 Å². The molecular weight excluding hydrogens is 296 g/mol. The number of carbonyl (C=O) groups is 1. The Morgan fingerprint density at radius 1 is 1.04 bits per heavy atom. The van der Waals surface area contributed by atoms with Crippen molar-refractivity contribution in [2.75, 3.05) is 18.4 Å². The Labute approximate surface area is 144 Å². The summed E-state index contributed by atoms with van der Waals surface area (Å²) in [7, 11) is 0. The number of nitrogens with zero attached hydrogens (tertiary/aromatic N) is 1. The van der Waals surface area contributed by atoms with Gasteiger partial charge in [-0.2, -0.15) is 0 Å². The first-order valence-corrected chi connectivity index (χ1v) is 8.75. The van der Waals surface area contributed by atoms with Crippen LogP contribution in [0, 0.1) is 19.8 Å². The maximum Gasteiger partial charge on any atom is 0.227 e. The molecule has 3 nitrogen and oxygen atoms in total. The molecule has 1 heterocycles. The largest absolute Gasteiger partial charge is 0.326 e. The van der Waals surface area contributed by atoms with E-state index in [0.29, 0.717) is 0 Å². The summed E-state index contributed by atoms with van der Waals surface area (Å²) < 4.78 is 0. The fraction of sp³-hybridized carbons (Fsp3) is 0.381. The van der Waals surface area contributed by atoms with Gasteiger partial charge in [0.15, 0.2) is 0 Å². The summed E-state index contributed by atoms with van der Waals surface area (Å²) in [5.74, 6) is 0.286. The molecule has 1 amide bonds. The van der Waals surface area contributed by atoms with Gasteiger partial charge in [0.2, 0.25) is 5.91 Å². The number of piperidine rings is 1. The fourth-order valence-corrected chi connectivity index (χ4v) is 3.30. The molecule has 0 saturated carbocycles. The Kier molecular flexibility index (Phi) is 5.31. The molecule has 1 fully saturated rings. The van der Waals surface area contributed by atoms with Crippen LogP contribution in [0.4, 0.5) is 5.69 Å². The van der Waals surface area contributed by atoms with Crippen LogP contribution in [0.15, 0.2) is 48.5 Å². The van der Waals surface area contributed by atoms with Gasteiger partial charge < -0.3 is 5.32 Å². The second kappa shape index (κ2) is 7.63. The van der Waals surface area contributed by atoms with E-state index in [-0.39, 0.29) is 11.8 Å². The second-order valence-corrected chi connectivity index (χ2v) is 6.89. The van der Waals surface area contributed by atoms with Crippen molar-refractivity contribution in [3.8, 4) is 0 Å². The highest BCUT2D eigenvalue weighted by Crippen LogP contribution is 2.21. The Bertz CT molecular complexity index is 685. The highest BCUT2D eigenvalue weighted by atomic mass is 16.1. The lowest BCUT2D eigenvalue weighted by Gasteiger charge is -2.31. The first kappa shape index (κ1) is 16.7. The van der Waals surface area contributed by atoms with Crippen molar-refractivity contribution < 1.29 is 4.79 Å². The normalized spacial score (nSPS) is 16.1. The molecule has 0 aliphatic carbocycles. The molecule has 24 heavy (non-hydrogen) atoms. The number of hydrogen-bond acceptors (Lipinski definition) is 2. The maximum absolute atomic E-state index is 12.4. The molecule has 0 bridgehead atoms. The number of nitrogens with one attached hydrogen (secondary N) is 1. The lowest BCUT2D eigenvalue weighted by Crippen LogP contribution is -2.37. The monoisotopic (exact) mass is 322 g/mol. The molecule has 0 spiro atoms. The third-order valence-electron chi connectivity index (χ3n) is 4.77. The van der Waals surface area contributed by atoms with Gasteiger partial charge in [0, 0.05) is 18.2 Å². The Morgan fingerprint density at radius 3 is 2.42 bits per heavy atom. The van der Waals surface area contributed by atoms with E-state index in [0.717, 1.165) is 38.2 Å². The van der Waals surface area contributed by atoms with Crippen LogP contribution in [0.25, 0.3) is 0 Å². The lowest BCUT2D eigenvalue weighted by molar-refractivity contribution is -0.121. The summed E-state index contributed by atoms with van der Waals surface area (Å²) in [6.45, 7) is 7.13. The van der Waals surface area contributed by atoms with Gasteiger partial charge in [-0.3, -0.25) is 9.69 Å². The number of likely N-dealkylation sites (tertiary alicyclic amines) is 1. The first-order valence-electron chi connectivity index (χ1n) is 8.75. The summed E-state index contributed by atoms with van der Waals surface area (Å²) in [5, 5.41) is 3.05. The summed E-state index contributed by atoms with van der Waals surface area (Å²) in [5.41, 5.74) is 4.77. The number of amides is 1. The molecule has 3 heteroatoms. The van der Waals surface area contributed by atoms with Crippen molar-refractivity contribution in [2.24, 2.45) is 5.92 Å². The van der Waals surface area contributed by atoms with E-state index in [4.69, 9.17) is 0 Å². The van der Waals surface area contributed by atoms with Gasteiger partial charge in [-0.15, -0.1) is 0 Å². The standard InChI is InChI=1S/C21H26N2O/c1-16-6-8-20(9-7-16)22-21(24)19-10-12-23(13-11-19)15-18-5-3-4-17(2)14-18/h3-9,14,19H,10-13,15H2,1-2H3,(H,22,24). The van der Waals surface area contributed by atoms with E-state index < -0.39 is 0 Å². The van der Waals surface area contributed by atoms with E-state index in [2.05, 4.69) is 48.3 Å². The molecule has 1 aliphatic rings. The molecule has 1 aliphatic heterocycles. The van der Waals surface area contributed by atoms with Crippen molar-refractivity contribution in [2.45, 2.75) is 33.2 Å². The average molecular weight is 322 g/mol. The summed E-state index contributed by atoms with van der Waals surface area (Å²) in [6.07, 6.45) is 1.87. The van der Waals surface area contributed by atoms with Crippen LogP contribution in [0.3, 0.4) is 0 Å². The van der Waals surface area contributed by atoms with Crippen molar-refractivity contribution in [1.82, 2.24) is 4.90 Å². The van der Waals surface area contributed by atoms with Crippen molar-refractivity contribution >= 4 is 11.6 Å². The second-order valence-electron chi connectivity index (χ2n) is 6.89. The SMILES string of the molecule is Cc1ccc(NC(=O)C2CCN(Cc3cccc(C)c3)CC2)cc1. The van der Waals surface area contributed by atoms with Crippen LogP contribution in [0.5, 0.6) is 0 Å². The predicted molar refractivity (Wildman–Crippen MR) is 99.0 cm³/mol. The minimum Gasteiger partial charge on any atom is -0.326 e. The van der Waals surface area contributed by atoms with Crippen molar-refractivity contribution in [3.05, 3.63) is 65.2 Å². The van der Waals surface area contributed by atoms with Gasteiger partial charge in [0.25, 0.3) is 0 Å². The van der Waals surface area contributed by atoms with Gasteiger partial charge in [0.05, 0.1) is 0 Å². The molecule has 0 radical (unpaired) electrons. The van der Waals surface area contributed by atoms with Crippen LogP contribution >= 0.6 is 0 Å². The Balaban J connectivity index is 1.49. The van der Waals surface area contributed by atoms with Crippen LogP contribution in [-0.2, 0) is 11.3 Å². The van der Waals surface area contributed by atoms with Crippen LogP contribution in [0.1, 0.15) is 29.5 Å². The molecule has 0 unspecified atom stereocenters. The molecule has 126 valence electrons. The number of carbonyl (C=O) groups excluding carboxylic acids is 1. The van der Waals surface area contributed by atoms with Gasteiger partial charge in [-0.1, -0.05) is 47.5 Å². The molecule has 1 saturated heterocycles. The predicted octanol–water partition coefficient (Wildman–Crippen LogP) is 4.15. The van der Waals surface area contributed by atoms with Gasteiger partial charge in [-0.25, -0.2) is 0 Å². The Hall–Kier alpha value is -2.13. The lowest BCUT2D eigenvalue weighted by atomic mass is 9.95. The first-order chi connectivity index (χ1) is 11.6. The third-order valence-corrected chi connectivity index (χ3v) is 4.77. The molecule has 0 aromatic heterocycles. The topological polar surface area (TPSA) is 32.3 Å². The Morgan fingerprint density at radius 2 is 1.75 bits per heavy atom. The van der Waals surface area contributed by atoms with Gasteiger partial charge in [-0.05, 0) is 57.5 Å². The summed E-state index contributed by atoms with van der Waals surface area (Å²) in [6, 6.07) is 16.7. The molecule has 0 atom stereocenters. The third kappa shape index (κ3) is 4.45. The van der Waals surface area contributed by atoms with E-state index in [1.807, 2.05) is 24.3 Å². The molecule has 1 N–H and O–H groups in total. The zero-order valence-electron chi connectivity index (χ0n) is 14.6. The van der Waals surface area contributed by atoms with E-state index in [1.165, 1.54) is 16.7 Å². The highest BCUT2D eigenvalue weighted by molar-refractivity contribution is 5.92. The smallest absolute Gasteiger partial charge is 0.227 e. The maximum atomic E-state index is 12.4. The molecule has 3 rings (SSSR count). The number of benzene rings is 2. The molecular formula is C21H26N2O. The quantitative estimate of drug-likeness (QED) is 0.917. The van der Waals surface area contributed by atoms with Gasteiger partial charge in [0.1, 0.15) is 0 Å². The minimum atomic E-state index is 0.125. The molecule has 2 aromatic rings. The average Bonchev–Trinajstić information content (AvgIpc) is 2.57. The number of aryl methyl sites for hydroxylation is 2. The number of anilines is 1. The highest BCUT2D eigenvalue weighted by Gasteiger charge is 2.25. The van der Waals surface area contributed by atoms with Gasteiger partial charge >= 0.3 is 0 Å². The van der Waals surface area contributed by atoms with E-state index >= 15 is 0 Å². The summed E-state index contributed by atoms with van der Waals surface area (Å²) >= 11 is 0. The number of hydrogen-bond donors (Lipinski definition) is 1. The van der Waals surface area contributed by atoms with Crippen molar-refractivity contribution in [1.29, 1.82) is 0 Å². The van der Waals surface area contributed by atoms with E-state index in [9.17, 15) is 4.79 Å². The minimum absolute atomic E-state index is 0.125. The number of rotatable bonds is 4. The van der Waals surface area contributed by atoms with E-state index in [1.54, 1.807) is 0 Å². The summed E-state index contributed by atoms with van der Waals surface area (Å²) in [4.78, 5) is 14.9. The van der Waals surface area contributed by atoms with Crippen LogP contribution in [0.2, 0.25) is 0 Å². The zero-order chi connectivity index (χ0) is 16.9. The fourth-order valence-electron chi connectivity index (χ4n) is 3.30. The molecule has 2 aromatic carbocycles. The van der Waals surface area contributed by atoms with Crippen LogP contribution in [-0.4, -0.2) is 23.9 Å². The van der Waals surface area contributed by atoms with Crippen molar-refractivity contribution in [3.63, 3.8) is 0 Å².